The van der Waals surface area contributed by atoms with Crippen LogP contribution in [0, 0.1) is 0 Å². The van der Waals surface area contributed by atoms with Gasteiger partial charge in [-0.05, 0) is 33.2 Å². The zero-order valence-electron chi connectivity index (χ0n) is 12.8. The van der Waals surface area contributed by atoms with E-state index in [1.165, 1.54) is 0 Å². The molecule has 0 radical (unpaired) electrons. The molecule has 1 aromatic rings. The molecule has 0 aliphatic carbocycles. The van der Waals surface area contributed by atoms with Crippen molar-refractivity contribution in [2.24, 2.45) is 0 Å². The van der Waals surface area contributed by atoms with E-state index in [4.69, 9.17) is 4.74 Å². The Morgan fingerprint density at radius 2 is 2.33 bits per heavy atom. The van der Waals surface area contributed by atoms with Gasteiger partial charge in [0.05, 0.1) is 17.8 Å². The molecule has 0 saturated carbocycles. The summed E-state index contributed by atoms with van der Waals surface area (Å²) in [5.41, 5.74) is 0.0593. The molecule has 21 heavy (non-hydrogen) atoms. The normalized spacial score (nSPS) is 26.3. The molecular formula is C13H24N4O3S. The van der Waals surface area contributed by atoms with Crippen LogP contribution in [0.2, 0.25) is 0 Å². The molecule has 1 saturated heterocycles. The summed E-state index contributed by atoms with van der Waals surface area (Å²) in [6.45, 7) is 7.68. The first-order valence-corrected chi connectivity index (χ1v) is 8.76. The Morgan fingerprint density at radius 3 is 2.95 bits per heavy atom. The van der Waals surface area contributed by atoms with Gasteiger partial charge in [-0.2, -0.15) is 5.10 Å². The van der Waals surface area contributed by atoms with Gasteiger partial charge in [0, 0.05) is 18.7 Å². The predicted molar refractivity (Wildman–Crippen MR) is 79.3 cm³/mol. The van der Waals surface area contributed by atoms with Gasteiger partial charge in [-0.15, -0.1) is 0 Å². The zero-order chi connectivity index (χ0) is 15.5. The van der Waals surface area contributed by atoms with Crippen LogP contribution >= 0.6 is 0 Å². The Morgan fingerprint density at radius 1 is 1.57 bits per heavy atom. The Balaban J connectivity index is 2.14. The smallest absolute Gasteiger partial charge is 0.258 e. The van der Waals surface area contributed by atoms with E-state index in [2.05, 4.69) is 27.2 Å². The summed E-state index contributed by atoms with van der Waals surface area (Å²) in [6, 6.07) is 0. The van der Waals surface area contributed by atoms with Crippen molar-refractivity contribution in [3.8, 4) is 0 Å². The molecule has 120 valence electrons. The highest BCUT2D eigenvalue weighted by molar-refractivity contribution is 7.89. The molecule has 8 heteroatoms. The topological polar surface area (TPSA) is 96.1 Å². The van der Waals surface area contributed by atoms with Gasteiger partial charge in [-0.1, -0.05) is 6.92 Å². The summed E-state index contributed by atoms with van der Waals surface area (Å²) < 4.78 is 33.4. The number of hydrogen-bond acceptors (Lipinski definition) is 5. The van der Waals surface area contributed by atoms with Crippen LogP contribution < -0.4 is 10.0 Å². The lowest BCUT2D eigenvalue weighted by atomic mass is 9.97. The van der Waals surface area contributed by atoms with Crippen molar-refractivity contribution >= 4 is 10.0 Å². The summed E-state index contributed by atoms with van der Waals surface area (Å²) in [7, 11) is -3.65. The number of aromatic amines is 1. The van der Waals surface area contributed by atoms with Crippen LogP contribution in [-0.4, -0.2) is 43.4 Å². The van der Waals surface area contributed by atoms with Crippen LogP contribution in [0.15, 0.2) is 11.2 Å². The molecule has 0 bridgehead atoms. The maximum Gasteiger partial charge on any atom is 0.258 e. The highest BCUT2D eigenvalue weighted by atomic mass is 32.2. The van der Waals surface area contributed by atoms with Gasteiger partial charge < -0.3 is 10.1 Å². The molecule has 2 heterocycles. The number of rotatable bonds is 7. The predicted octanol–water partition coefficient (Wildman–Crippen LogP) is 0.755. The summed E-state index contributed by atoms with van der Waals surface area (Å²) in [5, 5.41) is 9.78. The first-order chi connectivity index (χ1) is 9.89. The van der Waals surface area contributed by atoms with E-state index >= 15 is 0 Å². The first kappa shape index (κ1) is 16.4. The SMILES string of the molecule is CCCNCc1cn[nH]c1S(=O)(=O)NC1(C)CCOC1C. The zero-order valence-corrected chi connectivity index (χ0v) is 13.6. The van der Waals surface area contributed by atoms with Crippen molar-refractivity contribution in [1.29, 1.82) is 0 Å². The summed E-state index contributed by atoms with van der Waals surface area (Å²) in [5.74, 6) is 0. The molecule has 1 aromatic heterocycles. The third kappa shape index (κ3) is 3.63. The molecule has 7 nitrogen and oxygen atoms in total. The molecule has 1 fully saturated rings. The van der Waals surface area contributed by atoms with Crippen LogP contribution in [0.25, 0.3) is 0 Å². The molecule has 0 aromatic carbocycles. The standard InChI is InChI=1S/C13H24N4O3S/c1-4-6-14-8-11-9-15-16-12(11)21(18,19)17-13(3)5-7-20-10(13)2/h9-10,14,17H,4-8H2,1-3H3,(H,15,16). The van der Waals surface area contributed by atoms with Crippen LogP contribution in [0.4, 0.5) is 0 Å². The molecular weight excluding hydrogens is 292 g/mol. The molecule has 2 unspecified atom stereocenters. The molecule has 3 N–H and O–H groups in total. The molecule has 0 spiro atoms. The first-order valence-electron chi connectivity index (χ1n) is 7.27. The van der Waals surface area contributed by atoms with Crippen LogP contribution in [-0.2, 0) is 21.3 Å². The molecule has 2 atom stereocenters. The van der Waals surface area contributed by atoms with Gasteiger partial charge in [0.1, 0.15) is 0 Å². The Bertz CT molecular complexity index is 572. The quantitative estimate of drug-likeness (QED) is 0.645. The minimum atomic E-state index is -3.65. The van der Waals surface area contributed by atoms with Gasteiger partial charge in [0.25, 0.3) is 10.0 Å². The lowest BCUT2D eigenvalue weighted by molar-refractivity contribution is 0.0957. The van der Waals surface area contributed by atoms with Gasteiger partial charge >= 0.3 is 0 Å². The van der Waals surface area contributed by atoms with E-state index in [-0.39, 0.29) is 11.1 Å². The number of sulfonamides is 1. The second-order valence-electron chi connectivity index (χ2n) is 5.69. The van der Waals surface area contributed by atoms with Crippen LogP contribution in [0.3, 0.4) is 0 Å². The van der Waals surface area contributed by atoms with Crippen molar-refractivity contribution in [1.82, 2.24) is 20.2 Å². The largest absolute Gasteiger partial charge is 0.376 e. The fourth-order valence-electron chi connectivity index (χ4n) is 2.38. The molecule has 2 rings (SSSR count). The molecule has 1 aliphatic heterocycles. The van der Waals surface area contributed by atoms with Crippen molar-refractivity contribution in [3.05, 3.63) is 11.8 Å². The Hall–Kier alpha value is -0.960. The number of hydrogen-bond donors (Lipinski definition) is 3. The van der Waals surface area contributed by atoms with E-state index in [9.17, 15) is 8.42 Å². The number of aromatic nitrogens is 2. The van der Waals surface area contributed by atoms with E-state index in [1.807, 2.05) is 13.8 Å². The fraction of sp³-hybridized carbons (Fsp3) is 0.769. The van der Waals surface area contributed by atoms with Crippen molar-refractivity contribution in [2.45, 2.75) is 56.8 Å². The van der Waals surface area contributed by atoms with E-state index in [0.29, 0.717) is 25.1 Å². The third-order valence-corrected chi connectivity index (χ3v) is 5.57. The highest BCUT2D eigenvalue weighted by Gasteiger charge is 2.41. The Kier molecular flexibility index (Phi) is 5.03. The Labute approximate surface area is 125 Å². The second kappa shape index (κ2) is 6.43. The average molecular weight is 316 g/mol. The lowest BCUT2D eigenvalue weighted by Gasteiger charge is -2.28. The number of ether oxygens (including phenoxy) is 1. The minimum absolute atomic E-state index is 0.131. The summed E-state index contributed by atoms with van der Waals surface area (Å²) in [4.78, 5) is 0. The van der Waals surface area contributed by atoms with Crippen LogP contribution in [0.5, 0.6) is 0 Å². The minimum Gasteiger partial charge on any atom is -0.376 e. The van der Waals surface area contributed by atoms with Crippen molar-refractivity contribution < 1.29 is 13.2 Å². The molecule has 0 amide bonds. The number of H-pyrrole nitrogens is 1. The summed E-state index contributed by atoms with van der Waals surface area (Å²) >= 11 is 0. The maximum absolute atomic E-state index is 12.6. The lowest BCUT2D eigenvalue weighted by Crippen LogP contribution is -2.50. The van der Waals surface area contributed by atoms with Crippen LogP contribution in [0.1, 0.15) is 39.2 Å². The van der Waals surface area contributed by atoms with E-state index in [1.54, 1.807) is 6.20 Å². The average Bonchev–Trinajstić information content (AvgIpc) is 2.98. The summed E-state index contributed by atoms with van der Waals surface area (Å²) in [6.07, 6.45) is 3.04. The highest BCUT2D eigenvalue weighted by Crippen LogP contribution is 2.27. The van der Waals surface area contributed by atoms with Crippen molar-refractivity contribution in [3.63, 3.8) is 0 Å². The van der Waals surface area contributed by atoms with Gasteiger partial charge in [-0.25, -0.2) is 13.1 Å². The second-order valence-corrected chi connectivity index (χ2v) is 7.31. The van der Waals surface area contributed by atoms with Crippen molar-refractivity contribution in [2.75, 3.05) is 13.2 Å². The number of nitrogens with one attached hydrogen (secondary N) is 3. The van der Waals surface area contributed by atoms with Gasteiger partial charge in [0.2, 0.25) is 0 Å². The maximum atomic E-state index is 12.6. The van der Waals surface area contributed by atoms with Gasteiger partial charge in [-0.3, -0.25) is 5.10 Å². The van der Waals surface area contributed by atoms with Gasteiger partial charge in [0.15, 0.2) is 5.03 Å². The third-order valence-electron chi connectivity index (χ3n) is 3.94. The van der Waals surface area contributed by atoms with E-state index in [0.717, 1.165) is 13.0 Å². The number of nitrogens with zero attached hydrogens (tertiary/aromatic N) is 1. The van der Waals surface area contributed by atoms with E-state index < -0.39 is 15.6 Å². The monoisotopic (exact) mass is 316 g/mol. The molecule has 1 aliphatic rings. The fourth-order valence-corrected chi connectivity index (χ4v) is 4.01.